The van der Waals surface area contributed by atoms with Crippen molar-refractivity contribution in [2.45, 2.75) is 47.5 Å². The molecule has 1 aliphatic rings. The molecule has 1 aromatic carbocycles. The van der Waals surface area contributed by atoms with Crippen LogP contribution in [0.25, 0.3) is 0 Å². The number of piperazine rings is 1. The highest BCUT2D eigenvalue weighted by Gasteiger charge is 2.42. The van der Waals surface area contributed by atoms with Crippen LogP contribution >= 0.6 is 0 Å². The van der Waals surface area contributed by atoms with Crippen molar-refractivity contribution in [1.29, 1.82) is 0 Å². The largest absolute Gasteiger partial charge is 0.368 e. The minimum Gasteiger partial charge on any atom is -0.368 e. The summed E-state index contributed by atoms with van der Waals surface area (Å²) in [6, 6.07) is 8.46. The molecule has 1 fully saturated rings. The number of carbonyl (C=O) groups is 2. The van der Waals surface area contributed by atoms with Gasteiger partial charge in [0.05, 0.1) is 0 Å². The highest BCUT2D eigenvalue weighted by molar-refractivity contribution is 6.04. The minimum atomic E-state index is -1.00. The molecule has 0 saturated carbocycles. The summed E-state index contributed by atoms with van der Waals surface area (Å²) in [4.78, 5) is 32.2. The monoisotopic (exact) mass is 373 g/mol. The molecule has 0 radical (unpaired) electrons. The lowest BCUT2D eigenvalue weighted by molar-refractivity contribution is -0.154. The average Bonchev–Trinajstić information content (AvgIpc) is 2.66. The van der Waals surface area contributed by atoms with Crippen LogP contribution in [0.1, 0.15) is 46.1 Å². The van der Waals surface area contributed by atoms with Gasteiger partial charge in [-0.15, -0.1) is 0 Å². The Labute approximate surface area is 164 Å². The predicted octanol–water partition coefficient (Wildman–Crippen LogP) is 3.32. The summed E-state index contributed by atoms with van der Waals surface area (Å²) in [5.74, 6) is -0.0917. The SMILES string of the molecule is CCCN(CCC)C(=O)C(C)(C)C(=O)N1CCN(c2cccc(C)c2)CC1. The van der Waals surface area contributed by atoms with Crippen molar-refractivity contribution in [3.05, 3.63) is 29.8 Å². The molecule has 1 heterocycles. The number of rotatable bonds is 7. The summed E-state index contributed by atoms with van der Waals surface area (Å²) in [7, 11) is 0. The molecule has 1 saturated heterocycles. The van der Waals surface area contributed by atoms with Crippen molar-refractivity contribution in [3.8, 4) is 0 Å². The van der Waals surface area contributed by atoms with Crippen LogP contribution < -0.4 is 4.90 Å². The number of anilines is 1. The van der Waals surface area contributed by atoms with E-state index in [1.54, 1.807) is 13.8 Å². The third-order valence-corrected chi connectivity index (χ3v) is 5.28. The van der Waals surface area contributed by atoms with Gasteiger partial charge in [0, 0.05) is 45.0 Å². The van der Waals surface area contributed by atoms with Crippen molar-refractivity contribution >= 4 is 17.5 Å². The van der Waals surface area contributed by atoms with Crippen molar-refractivity contribution in [2.75, 3.05) is 44.2 Å². The molecule has 1 aromatic rings. The summed E-state index contributed by atoms with van der Waals surface area (Å²) in [5.41, 5.74) is 1.44. The molecule has 27 heavy (non-hydrogen) atoms. The number of hydrogen-bond acceptors (Lipinski definition) is 3. The maximum Gasteiger partial charge on any atom is 0.237 e. The Bertz CT molecular complexity index is 643. The lowest BCUT2D eigenvalue weighted by atomic mass is 9.89. The average molecular weight is 374 g/mol. The Hall–Kier alpha value is -2.04. The number of benzene rings is 1. The van der Waals surface area contributed by atoms with Crippen molar-refractivity contribution in [1.82, 2.24) is 9.80 Å². The van der Waals surface area contributed by atoms with Crippen LogP contribution in [0.5, 0.6) is 0 Å². The second kappa shape index (κ2) is 9.25. The van der Waals surface area contributed by atoms with Gasteiger partial charge in [-0.2, -0.15) is 0 Å². The van der Waals surface area contributed by atoms with E-state index in [2.05, 4.69) is 49.9 Å². The summed E-state index contributed by atoms with van der Waals surface area (Å²) in [5, 5.41) is 0. The van der Waals surface area contributed by atoms with Crippen LogP contribution in [0, 0.1) is 12.3 Å². The number of carbonyl (C=O) groups excluding carboxylic acids is 2. The smallest absolute Gasteiger partial charge is 0.237 e. The molecule has 0 atom stereocenters. The Kier molecular flexibility index (Phi) is 7.28. The van der Waals surface area contributed by atoms with Gasteiger partial charge < -0.3 is 14.7 Å². The maximum atomic E-state index is 13.1. The lowest BCUT2D eigenvalue weighted by Crippen LogP contribution is -2.56. The zero-order chi connectivity index (χ0) is 20.0. The lowest BCUT2D eigenvalue weighted by Gasteiger charge is -2.40. The molecule has 0 N–H and O–H groups in total. The zero-order valence-electron chi connectivity index (χ0n) is 17.6. The Morgan fingerprint density at radius 3 is 2.15 bits per heavy atom. The Morgan fingerprint density at radius 1 is 1.04 bits per heavy atom. The first-order valence-electron chi connectivity index (χ1n) is 10.2. The van der Waals surface area contributed by atoms with E-state index in [0.717, 1.165) is 25.9 Å². The van der Waals surface area contributed by atoms with E-state index >= 15 is 0 Å². The van der Waals surface area contributed by atoms with Gasteiger partial charge in [-0.1, -0.05) is 26.0 Å². The summed E-state index contributed by atoms with van der Waals surface area (Å²) in [6.07, 6.45) is 1.82. The van der Waals surface area contributed by atoms with Crippen LogP contribution in [0.2, 0.25) is 0 Å². The first-order valence-corrected chi connectivity index (χ1v) is 10.2. The van der Waals surface area contributed by atoms with E-state index in [1.807, 2.05) is 9.80 Å². The number of amides is 2. The zero-order valence-corrected chi connectivity index (χ0v) is 17.6. The van der Waals surface area contributed by atoms with Crippen molar-refractivity contribution in [3.63, 3.8) is 0 Å². The normalized spacial score (nSPS) is 15.0. The third kappa shape index (κ3) is 5.02. The molecule has 0 aliphatic carbocycles. The molecule has 1 aliphatic heterocycles. The fourth-order valence-electron chi connectivity index (χ4n) is 3.73. The highest BCUT2D eigenvalue weighted by atomic mass is 16.2. The van der Waals surface area contributed by atoms with E-state index in [-0.39, 0.29) is 11.8 Å². The molecule has 2 rings (SSSR count). The molecule has 0 spiro atoms. The molecule has 150 valence electrons. The standard InChI is InChI=1S/C22H35N3O2/c1-6-11-24(12-7-2)20(26)22(4,5)21(27)25-15-13-23(14-16-25)19-10-8-9-18(3)17-19/h8-10,17H,6-7,11-16H2,1-5H3. The second-order valence-corrected chi connectivity index (χ2v) is 8.04. The molecule has 0 bridgehead atoms. The van der Waals surface area contributed by atoms with Crippen LogP contribution in [0.3, 0.4) is 0 Å². The first-order chi connectivity index (χ1) is 12.8. The quantitative estimate of drug-likeness (QED) is 0.689. The second-order valence-electron chi connectivity index (χ2n) is 8.04. The molecular formula is C22H35N3O2. The van der Waals surface area contributed by atoms with E-state index in [0.29, 0.717) is 26.2 Å². The van der Waals surface area contributed by atoms with Crippen molar-refractivity contribution < 1.29 is 9.59 Å². The van der Waals surface area contributed by atoms with Crippen molar-refractivity contribution in [2.24, 2.45) is 5.41 Å². The first kappa shape index (κ1) is 21.3. The van der Waals surface area contributed by atoms with Gasteiger partial charge >= 0.3 is 0 Å². The van der Waals surface area contributed by atoms with Gasteiger partial charge in [-0.05, 0) is 51.3 Å². The molecule has 5 nitrogen and oxygen atoms in total. The van der Waals surface area contributed by atoms with Crippen LogP contribution in [0.15, 0.2) is 24.3 Å². The van der Waals surface area contributed by atoms with Crippen LogP contribution in [-0.2, 0) is 9.59 Å². The number of hydrogen-bond donors (Lipinski definition) is 0. The minimum absolute atomic E-state index is 0.0442. The van der Waals surface area contributed by atoms with Gasteiger partial charge in [-0.3, -0.25) is 9.59 Å². The summed E-state index contributed by atoms with van der Waals surface area (Å²) >= 11 is 0. The molecule has 0 aromatic heterocycles. The maximum absolute atomic E-state index is 13.1. The highest BCUT2D eigenvalue weighted by Crippen LogP contribution is 2.25. The summed E-state index contributed by atoms with van der Waals surface area (Å²) in [6.45, 7) is 14.1. The molecule has 0 unspecified atom stereocenters. The Morgan fingerprint density at radius 2 is 1.63 bits per heavy atom. The molecule has 2 amide bonds. The molecule has 5 heteroatoms. The Balaban J connectivity index is 2.01. The third-order valence-electron chi connectivity index (χ3n) is 5.28. The molecular weight excluding hydrogens is 338 g/mol. The van der Waals surface area contributed by atoms with E-state index < -0.39 is 5.41 Å². The van der Waals surface area contributed by atoms with Gasteiger partial charge in [0.2, 0.25) is 11.8 Å². The van der Waals surface area contributed by atoms with E-state index in [4.69, 9.17) is 0 Å². The fraction of sp³-hybridized carbons (Fsp3) is 0.636. The fourth-order valence-corrected chi connectivity index (χ4v) is 3.73. The van der Waals surface area contributed by atoms with E-state index in [1.165, 1.54) is 11.3 Å². The predicted molar refractivity (Wildman–Crippen MR) is 111 cm³/mol. The van der Waals surface area contributed by atoms with Crippen LogP contribution in [-0.4, -0.2) is 60.9 Å². The van der Waals surface area contributed by atoms with Gasteiger partial charge in [0.15, 0.2) is 0 Å². The topological polar surface area (TPSA) is 43.9 Å². The number of aryl methyl sites for hydroxylation is 1. The van der Waals surface area contributed by atoms with Crippen LogP contribution in [0.4, 0.5) is 5.69 Å². The van der Waals surface area contributed by atoms with Gasteiger partial charge in [0.1, 0.15) is 5.41 Å². The number of nitrogens with zero attached hydrogens (tertiary/aromatic N) is 3. The van der Waals surface area contributed by atoms with Gasteiger partial charge in [0.25, 0.3) is 0 Å². The summed E-state index contributed by atoms with van der Waals surface area (Å²) < 4.78 is 0. The van der Waals surface area contributed by atoms with E-state index in [9.17, 15) is 9.59 Å². The van der Waals surface area contributed by atoms with Gasteiger partial charge in [-0.25, -0.2) is 0 Å².